The van der Waals surface area contributed by atoms with Crippen molar-refractivity contribution in [2.75, 3.05) is 31.1 Å². The Morgan fingerprint density at radius 3 is 2.71 bits per heavy atom. The van der Waals surface area contributed by atoms with Gasteiger partial charge in [-0.2, -0.15) is 0 Å². The normalized spacial score (nSPS) is 30.8. The second-order valence-corrected chi connectivity index (χ2v) is 6.48. The molecule has 2 aliphatic heterocycles. The Morgan fingerprint density at radius 2 is 2.00 bits per heavy atom. The number of hydrogen-bond acceptors (Lipinski definition) is 5. The lowest BCUT2D eigenvalue weighted by atomic mass is 10.1. The predicted octanol–water partition coefficient (Wildman–Crippen LogP) is 1.86. The lowest BCUT2D eigenvalue weighted by molar-refractivity contribution is -0.0689. The number of aromatic nitrogens is 2. The molecule has 1 aromatic heterocycles. The lowest BCUT2D eigenvalue weighted by Gasteiger charge is -2.38. The Balaban J connectivity index is 1.67. The first-order chi connectivity index (χ1) is 10.1. The minimum absolute atomic E-state index is 0.338. The van der Waals surface area contributed by atoms with E-state index in [0.29, 0.717) is 18.2 Å². The molecule has 0 aromatic carbocycles. The molecule has 5 heteroatoms. The van der Waals surface area contributed by atoms with Gasteiger partial charge in [-0.3, -0.25) is 4.90 Å². The molecule has 0 radical (unpaired) electrons. The quantitative estimate of drug-likeness (QED) is 0.850. The molecule has 5 nitrogen and oxygen atoms in total. The van der Waals surface area contributed by atoms with Crippen LogP contribution in [0.25, 0.3) is 0 Å². The zero-order valence-electron chi connectivity index (χ0n) is 13.3. The van der Waals surface area contributed by atoms with E-state index in [4.69, 9.17) is 4.74 Å². The van der Waals surface area contributed by atoms with E-state index < -0.39 is 0 Å². The van der Waals surface area contributed by atoms with Crippen LogP contribution in [0.15, 0.2) is 12.4 Å². The summed E-state index contributed by atoms with van der Waals surface area (Å²) in [4.78, 5) is 13.7. The highest BCUT2D eigenvalue weighted by Gasteiger charge is 2.30. The van der Waals surface area contributed by atoms with Gasteiger partial charge in [-0.15, -0.1) is 0 Å². The van der Waals surface area contributed by atoms with Crippen molar-refractivity contribution >= 4 is 5.82 Å². The molecule has 3 rings (SSSR count). The maximum Gasteiger partial charge on any atom is 0.132 e. The zero-order valence-corrected chi connectivity index (χ0v) is 13.3. The summed E-state index contributed by atoms with van der Waals surface area (Å²) < 4.78 is 5.83. The van der Waals surface area contributed by atoms with Gasteiger partial charge in [-0.05, 0) is 33.6 Å². The number of ether oxygens (including phenoxy) is 1. The van der Waals surface area contributed by atoms with Crippen molar-refractivity contribution in [3.05, 3.63) is 18.1 Å². The molecule has 3 atom stereocenters. The topological polar surface area (TPSA) is 41.5 Å². The number of rotatable bonds is 3. The average molecular weight is 290 g/mol. The molecular formula is C16H26N4O. The van der Waals surface area contributed by atoms with Crippen molar-refractivity contribution in [2.45, 2.75) is 51.9 Å². The van der Waals surface area contributed by atoms with Gasteiger partial charge in [-0.1, -0.05) is 0 Å². The molecule has 0 unspecified atom stereocenters. The fraction of sp³-hybridized carbons (Fsp3) is 0.750. The van der Waals surface area contributed by atoms with Crippen LogP contribution < -0.4 is 4.90 Å². The van der Waals surface area contributed by atoms with Crippen molar-refractivity contribution < 1.29 is 4.74 Å². The molecule has 2 saturated heterocycles. The fourth-order valence-electron chi connectivity index (χ4n) is 3.66. The minimum atomic E-state index is 0.338. The highest BCUT2D eigenvalue weighted by Crippen LogP contribution is 2.25. The molecule has 0 amide bonds. The third-order valence-corrected chi connectivity index (χ3v) is 4.42. The Morgan fingerprint density at radius 1 is 1.24 bits per heavy atom. The maximum atomic E-state index is 5.83. The summed E-state index contributed by atoms with van der Waals surface area (Å²) in [6.07, 6.45) is 4.86. The van der Waals surface area contributed by atoms with Gasteiger partial charge in [0, 0.05) is 44.0 Å². The molecule has 21 heavy (non-hydrogen) atoms. The molecule has 2 aliphatic rings. The van der Waals surface area contributed by atoms with Gasteiger partial charge in [0.15, 0.2) is 0 Å². The van der Waals surface area contributed by atoms with Gasteiger partial charge in [0.1, 0.15) is 12.1 Å². The molecule has 0 spiro atoms. The summed E-state index contributed by atoms with van der Waals surface area (Å²) in [7, 11) is 0. The second-order valence-electron chi connectivity index (χ2n) is 6.48. The molecular weight excluding hydrogens is 264 g/mol. The van der Waals surface area contributed by atoms with E-state index in [0.717, 1.165) is 37.7 Å². The first-order valence-electron chi connectivity index (χ1n) is 8.05. The van der Waals surface area contributed by atoms with Crippen LogP contribution in [0, 0.1) is 6.92 Å². The van der Waals surface area contributed by atoms with Crippen molar-refractivity contribution in [2.24, 2.45) is 0 Å². The molecule has 3 heterocycles. The Hall–Kier alpha value is -1.20. The molecule has 0 bridgehead atoms. The average Bonchev–Trinajstić information content (AvgIpc) is 2.85. The van der Waals surface area contributed by atoms with Crippen LogP contribution in [-0.2, 0) is 4.74 Å². The highest BCUT2D eigenvalue weighted by atomic mass is 16.5. The SMILES string of the molecule is Cc1cc(N2CCC[C@@H]2CN2C[C@H](C)O[C@@H](C)C2)ncn1. The van der Waals surface area contributed by atoms with E-state index >= 15 is 0 Å². The monoisotopic (exact) mass is 290 g/mol. The summed E-state index contributed by atoms with van der Waals surface area (Å²) >= 11 is 0. The van der Waals surface area contributed by atoms with Gasteiger partial charge in [-0.25, -0.2) is 9.97 Å². The van der Waals surface area contributed by atoms with Crippen molar-refractivity contribution in [1.82, 2.24) is 14.9 Å². The van der Waals surface area contributed by atoms with Crippen LogP contribution in [0.4, 0.5) is 5.82 Å². The number of morpholine rings is 1. The van der Waals surface area contributed by atoms with Gasteiger partial charge in [0.2, 0.25) is 0 Å². The third-order valence-electron chi connectivity index (χ3n) is 4.42. The molecule has 1 aromatic rings. The van der Waals surface area contributed by atoms with Crippen molar-refractivity contribution in [1.29, 1.82) is 0 Å². The van der Waals surface area contributed by atoms with Crippen molar-refractivity contribution in [3.8, 4) is 0 Å². The standard InChI is InChI=1S/C16H26N4O/c1-12-7-16(18-11-17-12)20-6-4-5-15(20)10-19-8-13(2)21-14(3)9-19/h7,11,13-15H,4-6,8-10H2,1-3H3/t13-,14-,15+/m0/s1. The largest absolute Gasteiger partial charge is 0.373 e. The van der Waals surface area contributed by atoms with Crippen LogP contribution in [0.3, 0.4) is 0 Å². The number of nitrogens with zero attached hydrogens (tertiary/aromatic N) is 4. The van der Waals surface area contributed by atoms with E-state index in [2.05, 4.69) is 39.7 Å². The van der Waals surface area contributed by atoms with Crippen molar-refractivity contribution in [3.63, 3.8) is 0 Å². The fourth-order valence-corrected chi connectivity index (χ4v) is 3.66. The lowest BCUT2D eigenvalue weighted by Crippen LogP contribution is -2.50. The van der Waals surface area contributed by atoms with Gasteiger partial charge < -0.3 is 9.64 Å². The van der Waals surface area contributed by atoms with Crippen LogP contribution in [-0.4, -0.2) is 59.3 Å². The van der Waals surface area contributed by atoms with Gasteiger partial charge >= 0.3 is 0 Å². The molecule has 0 aliphatic carbocycles. The summed E-state index contributed by atoms with van der Waals surface area (Å²) in [5.41, 5.74) is 1.04. The van der Waals surface area contributed by atoms with Gasteiger partial charge in [0.05, 0.1) is 12.2 Å². The zero-order chi connectivity index (χ0) is 14.8. The third kappa shape index (κ3) is 3.52. The predicted molar refractivity (Wildman–Crippen MR) is 83.6 cm³/mol. The Kier molecular flexibility index (Phi) is 4.40. The summed E-state index contributed by atoms with van der Waals surface area (Å²) in [6.45, 7) is 10.7. The van der Waals surface area contributed by atoms with E-state index in [9.17, 15) is 0 Å². The summed E-state index contributed by atoms with van der Waals surface area (Å²) in [6, 6.07) is 2.67. The summed E-state index contributed by atoms with van der Waals surface area (Å²) in [5, 5.41) is 0. The first kappa shape index (κ1) is 14.7. The van der Waals surface area contributed by atoms with Crippen LogP contribution in [0.2, 0.25) is 0 Å². The molecule has 0 N–H and O–H groups in total. The molecule has 0 saturated carbocycles. The number of anilines is 1. The van der Waals surface area contributed by atoms with E-state index in [1.807, 2.05) is 6.92 Å². The first-order valence-corrected chi connectivity index (χ1v) is 8.05. The Bertz CT molecular complexity index is 471. The second kappa shape index (κ2) is 6.28. The van der Waals surface area contributed by atoms with E-state index in [1.54, 1.807) is 6.33 Å². The Labute approximate surface area is 127 Å². The van der Waals surface area contributed by atoms with Crippen LogP contribution in [0.1, 0.15) is 32.4 Å². The summed E-state index contributed by atoms with van der Waals surface area (Å²) in [5.74, 6) is 1.08. The highest BCUT2D eigenvalue weighted by molar-refractivity contribution is 5.41. The van der Waals surface area contributed by atoms with Crippen LogP contribution in [0.5, 0.6) is 0 Å². The minimum Gasteiger partial charge on any atom is -0.373 e. The van der Waals surface area contributed by atoms with E-state index in [-0.39, 0.29) is 0 Å². The maximum absolute atomic E-state index is 5.83. The smallest absolute Gasteiger partial charge is 0.132 e. The van der Waals surface area contributed by atoms with E-state index in [1.165, 1.54) is 12.8 Å². The van der Waals surface area contributed by atoms with Crippen LogP contribution >= 0.6 is 0 Å². The molecule has 116 valence electrons. The number of hydrogen-bond donors (Lipinski definition) is 0. The molecule has 2 fully saturated rings. The van der Waals surface area contributed by atoms with Gasteiger partial charge in [0.25, 0.3) is 0 Å². The number of aryl methyl sites for hydroxylation is 1.